The maximum absolute atomic E-state index is 13.2. The zero-order valence-electron chi connectivity index (χ0n) is 12.4. The molecule has 0 aliphatic carbocycles. The lowest BCUT2D eigenvalue weighted by Crippen LogP contribution is -2.15. The quantitative estimate of drug-likeness (QED) is 0.832. The summed E-state index contributed by atoms with van der Waals surface area (Å²) < 4.78 is 51.0. The molecule has 0 saturated heterocycles. The SMILES string of the molecule is COc1cc2nc(C(F)(F)F)n(CCCCN)c2cc1OC. The highest BCUT2D eigenvalue weighted by atomic mass is 19.4. The van der Waals surface area contributed by atoms with Gasteiger partial charge >= 0.3 is 6.18 Å². The zero-order chi connectivity index (χ0) is 16.3. The van der Waals surface area contributed by atoms with E-state index < -0.39 is 12.0 Å². The third kappa shape index (κ3) is 3.11. The Hall–Kier alpha value is -1.96. The molecule has 0 aliphatic heterocycles. The smallest absolute Gasteiger partial charge is 0.449 e. The number of rotatable bonds is 6. The number of ether oxygens (including phenoxy) is 2. The summed E-state index contributed by atoms with van der Waals surface area (Å²) in [6.07, 6.45) is -3.34. The summed E-state index contributed by atoms with van der Waals surface area (Å²) in [5.41, 5.74) is 5.99. The van der Waals surface area contributed by atoms with E-state index in [4.69, 9.17) is 15.2 Å². The van der Waals surface area contributed by atoms with Crippen LogP contribution in [0.2, 0.25) is 0 Å². The summed E-state index contributed by atoms with van der Waals surface area (Å²) in [6, 6.07) is 2.96. The predicted octanol–water partition coefficient (Wildman–Crippen LogP) is 2.81. The number of fused-ring (bicyclic) bond motifs is 1. The first-order chi connectivity index (χ1) is 10.4. The van der Waals surface area contributed by atoms with Gasteiger partial charge in [0, 0.05) is 18.7 Å². The summed E-state index contributed by atoms with van der Waals surface area (Å²) >= 11 is 0. The molecule has 0 amide bonds. The van der Waals surface area contributed by atoms with Gasteiger partial charge in [-0.05, 0) is 19.4 Å². The molecule has 1 aromatic heterocycles. The first kappa shape index (κ1) is 16.4. The first-order valence-corrected chi connectivity index (χ1v) is 6.82. The normalized spacial score (nSPS) is 11.9. The monoisotopic (exact) mass is 317 g/mol. The molecule has 0 spiro atoms. The molecule has 0 saturated carbocycles. The predicted molar refractivity (Wildman–Crippen MR) is 76.1 cm³/mol. The number of unbranched alkanes of at least 4 members (excludes halogenated alkanes) is 1. The Bertz CT molecular complexity index is 653. The number of aryl methyl sites for hydroxylation is 1. The Balaban J connectivity index is 2.59. The fourth-order valence-corrected chi connectivity index (χ4v) is 2.31. The highest BCUT2D eigenvalue weighted by Gasteiger charge is 2.37. The van der Waals surface area contributed by atoms with Gasteiger partial charge < -0.3 is 19.8 Å². The van der Waals surface area contributed by atoms with Crippen molar-refractivity contribution in [3.63, 3.8) is 0 Å². The van der Waals surface area contributed by atoms with Crippen LogP contribution in [0.1, 0.15) is 18.7 Å². The second-order valence-electron chi connectivity index (χ2n) is 4.78. The van der Waals surface area contributed by atoms with Crippen LogP contribution in [0, 0.1) is 0 Å². The molecule has 0 radical (unpaired) electrons. The van der Waals surface area contributed by atoms with Crippen LogP contribution in [0.3, 0.4) is 0 Å². The maximum Gasteiger partial charge on any atom is 0.449 e. The van der Waals surface area contributed by atoms with E-state index in [0.717, 1.165) is 4.57 Å². The van der Waals surface area contributed by atoms with Crippen molar-refractivity contribution in [2.75, 3.05) is 20.8 Å². The maximum atomic E-state index is 13.2. The van der Waals surface area contributed by atoms with Crippen LogP contribution in [-0.4, -0.2) is 30.3 Å². The third-order valence-corrected chi connectivity index (χ3v) is 3.34. The largest absolute Gasteiger partial charge is 0.493 e. The number of imidazole rings is 1. The summed E-state index contributed by atoms with van der Waals surface area (Å²) in [7, 11) is 2.86. The zero-order valence-corrected chi connectivity index (χ0v) is 12.4. The van der Waals surface area contributed by atoms with Crippen LogP contribution >= 0.6 is 0 Å². The number of benzene rings is 1. The van der Waals surface area contributed by atoms with Crippen LogP contribution in [0.15, 0.2) is 12.1 Å². The highest BCUT2D eigenvalue weighted by Crippen LogP contribution is 2.36. The summed E-state index contributed by atoms with van der Waals surface area (Å²) in [5, 5.41) is 0. The average molecular weight is 317 g/mol. The Morgan fingerprint density at radius 2 is 1.77 bits per heavy atom. The second kappa shape index (κ2) is 6.43. The summed E-state index contributed by atoms with van der Waals surface area (Å²) in [4.78, 5) is 3.72. The van der Waals surface area contributed by atoms with Crippen molar-refractivity contribution in [3.05, 3.63) is 18.0 Å². The van der Waals surface area contributed by atoms with Crippen molar-refractivity contribution in [2.45, 2.75) is 25.6 Å². The number of alkyl halides is 3. The second-order valence-corrected chi connectivity index (χ2v) is 4.78. The fraction of sp³-hybridized carbons (Fsp3) is 0.500. The van der Waals surface area contributed by atoms with Crippen LogP contribution in [-0.2, 0) is 12.7 Å². The van der Waals surface area contributed by atoms with Gasteiger partial charge in [-0.15, -0.1) is 0 Å². The first-order valence-electron chi connectivity index (χ1n) is 6.82. The van der Waals surface area contributed by atoms with E-state index in [0.29, 0.717) is 36.4 Å². The van der Waals surface area contributed by atoms with Gasteiger partial charge in [-0.3, -0.25) is 0 Å². The van der Waals surface area contributed by atoms with E-state index in [1.54, 1.807) is 0 Å². The fourth-order valence-electron chi connectivity index (χ4n) is 2.31. The van der Waals surface area contributed by atoms with Gasteiger partial charge in [0.05, 0.1) is 25.3 Å². The Morgan fingerprint density at radius 1 is 1.14 bits per heavy atom. The van der Waals surface area contributed by atoms with Crippen LogP contribution in [0.5, 0.6) is 11.5 Å². The van der Waals surface area contributed by atoms with Gasteiger partial charge in [-0.1, -0.05) is 0 Å². The molecule has 5 nitrogen and oxygen atoms in total. The van der Waals surface area contributed by atoms with Crippen LogP contribution < -0.4 is 15.2 Å². The average Bonchev–Trinajstić information content (AvgIpc) is 2.84. The Kier molecular flexibility index (Phi) is 4.80. The molecule has 1 heterocycles. The molecular weight excluding hydrogens is 299 g/mol. The van der Waals surface area contributed by atoms with Crippen molar-refractivity contribution in [1.29, 1.82) is 0 Å². The molecule has 0 bridgehead atoms. The number of methoxy groups -OCH3 is 2. The number of aromatic nitrogens is 2. The van der Waals surface area contributed by atoms with Gasteiger partial charge in [0.2, 0.25) is 5.82 Å². The van der Waals surface area contributed by atoms with Gasteiger partial charge in [0.25, 0.3) is 0 Å². The highest BCUT2D eigenvalue weighted by molar-refractivity contribution is 5.80. The number of hydrogen-bond acceptors (Lipinski definition) is 4. The minimum absolute atomic E-state index is 0.192. The van der Waals surface area contributed by atoms with Gasteiger partial charge in [-0.25, -0.2) is 4.98 Å². The number of halogens is 3. The van der Waals surface area contributed by atoms with Crippen molar-refractivity contribution in [3.8, 4) is 11.5 Å². The number of hydrogen-bond donors (Lipinski definition) is 1. The summed E-state index contributed by atoms with van der Waals surface area (Å²) in [5.74, 6) is -0.214. The topological polar surface area (TPSA) is 62.3 Å². The lowest BCUT2D eigenvalue weighted by Gasteiger charge is -2.12. The molecule has 0 fully saturated rings. The van der Waals surface area contributed by atoms with Crippen LogP contribution in [0.4, 0.5) is 13.2 Å². The molecule has 0 aliphatic rings. The Morgan fingerprint density at radius 3 is 2.32 bits per heavy atom. The van der Waals surface area contributed by atoms with E-state index in [1.807, 2.05) is 0 Å². The molecule has 2 N–H and O–H groups in total. The van der Waals surface area contributed by atoms with Crippen LogP contribution in [0.25, 0.3) is 11.0 Å². The van der Waals surface area contributed by atoms with Gasteiger partial charge in [0.1, 0.15) is 0 Å². The molecule has 0 unspecified atom stereocenters. The minimum atomic E-state index is -4.53. The van der Waals surface area contributed by atoms with E-state index in [1.165, 1.54) is 26.4 Å². The molecule has 2 aromatic rings. The molecule has 0 atom stereocenters. The van der Waals surface area contributed by atoms with E-state index in [2.05, 4.69) is 4.98 Å². The molecule has 1 aromatic carbocycles. The lowest BCUT2D eigenvalue weighted by atomic mass is 10.2. The van der Waals surface area contributed by atoms with E-state index >= 15 is 0 Å². The molecule has 122 valence electrons. The molecular formula is C14H18F3N3O2. The number of nitrogens with two attached hydrogens (primary N) is 1. The van der Waals surface area contributed by atoms with Crippen molar-refractivity contribution >= 4 is 11.0 Å². The van der Waals surface area contributed by atoms with Crippen molar-refractivity contribution < 1.29 is 22.6 Å². The third-order valence-electron chi connectivity index (χ3n) is 3.34. The summed E-state index contributed by atoms with van der Waals surface area (Å²) in [6.45, 7) is 0.628. The van der Waals surface area contributed by atoms with Gasteiger partial charge in [-0.2, -0.15) is 13.2 Å². The molecule has 8 heteroatoms. The van der Waals surface area contributed by atoms with Crippen molar-refractivity contribution in [1.82, 2.24) is 9.55 Å². The van der Waals surface area contributed by atoms with Crippen molar-refractivity contribution in [2.24, 2.45) is 5.73 Å². The minimum Gasteiger partial charge on any atom is -0.493 e. The van der Waals surface area contributed by atoms with E-state index in [-0.39, 0.29) is 12.1 Å². The Labute approximate surface area is 125 Å². The van der Waals surface area contributed by atoms with E-state index in [9.17, 15) is 13.2 Å². The molecule has 2 rings (SSSR count). The van der Waals surface area contributed by atoms with Gasteiger partial charge in [0.15, 0.2) is 11.5 Å². The molecule has 22 heavy (non-hydrogen) atoms. The lowest BCUT2D eigenvalue weighted by molar-refractivity contribution is -0.146. The standard InChI is InChI=1S/C14H18F3N3O2/c1-21-11-7-9-10(8-12(11)22-2)20(6-4-3-5-18)13(19-9)14(15,16)17/h7-8H,3-6,18H2,1-2H3. The number of nitrogens with zero attached hydrogens (tertiary/aromatic N) is 2.